The molecule has 19 heavy (non-hydrogen) atoms. The summed E-state index contributed by atoms with van der Waals surface area (Å²) in [5, 5.41) is 0.744. The Kier molecular flexibility index (Phi) is 4.30. The molecule has 1 atom stereocenters. The molecule has 1 aromatic heterocycles. The van der Waals surface area contributed by atoms with Crippen molar-refractivity contribution in [3.63, 3.8) is 0 Å². The molecule has 3 nitrogen and oxygen atoms in total. The molecule has 0 aromatic carbocycles. The number of nitrogens with zero attached hydrogens (tertiary/aromatic N) is 3. The summed E-state index contributed by atoms with van der Waals surface area (Å²) >= 11 is 9.70. The summed E-state index contributed by atoms with van der Waals surface area (Å²) in [6, 6.07) is 2.61. The fourth-order valence-electron chi connectivity index (χ4n) is 3.16. The number of piperidine rings is 1. The van der Waals surface area contributed by atoms with Gasteiger partial charge in [0.25, 0.3) is 0 Å². The number of rotatable bonds is 2. The predicted molar refractivity (Wildman–Crippen MR) is 83.0 cm³/mol. The van der Waals surface area contributed by atoms with Gasteiger partial charge in [-0.25, -0.2) is 4.98 Å². The summed E-state index contributed by atoms with van der Waals surface area (Å²) < 4.78 is 0.938. The van der Waals surface area contributed by atoms with E-state index in [0.29, 0.717) is 6.04 Å². The molecule has 104 valence electrons. The number of anilines is 1. The lowest BCUT2D eigenvalue weighted by Crippen LogP contribution is -2.41. The molecule has 2 fully saturated rings. The third-order valence-corrected chi connectivity index (χ3v) is 4.87. The zero-order valence-corrected chi connectivity index (χ0v) is 13.3. The fraction of sp³-hybridized carbons (Fsp3) is 0.643. The number of halogens is 2. The molecule has 1 aromatic rings. The molecule has 0 radical (unpaired) electrons. The molecule has 2 aliphatic rings. The highest BCUT2D eigenvalue weighted by Gasteiger charge is 2.29. The number of likely N-dealkylation sites (tertiary alicyclic amines) is 1. The molecule has 0 bridgehead atoms. The lowest BCUT2D eigenvalue weighted by atomic mass is 10.1. The molecule has 0 amide bonds. The monoisotopic (exact) mass is 343 g/mol. The second-order valence-electron chi connectivity index (χ2n) is 5.44. The largest absolute Gasteiger partial charge is 0.354 e. The van der Waals surface area contributed by atoms with E-state index in [1.165, 1.54) is 38.8 Å². The van der Waals surface area contributed by atoms with E-state index in [-0.39, 0.29) is 0 Å². The average Bonchev–Trinajstić information content (AvgIpc) is 2.89. The van der Waals surface area contributed by atoms with E-state index in [0.717, 1.165) is 28.4 Å². The summed E-state index contributed by atoms with van der Waals surface area (Å²) in [5.74, 6) is 0.935. The fourth-order valence-corrected chi connectivity index (χ4v) is 3.90. The second-order valence-corrected chi connectivity index (χ2v) is 6.77. The van der Waals surface area contributed by atoms with E-state index in [1.807, 2.05) is 12.3 Å². The Bertz CT molecular complexity index is 448. The van der Waals surface area contributed by atoms with Crippen molar-refractivity contribution in [3.8, 4) is 0 Å². The highest BCUT2D eigenvalue weighted by molar-refractivity contribution is 9.10. The van der Waals surface area contributed by atoms with Crippen LogP contribution in [-0.2, 0) is 0 Å². The van der Waals surface area contributed by atoms with Crippen molar-refractivity contribution in [2.45, 2.75) is 31.7 Å². The van der Waals surface area contributed by atoms with Crippen LogP contribution in [0.5, 0.6) is 0 Å². The summed E-state index contributed by atoms with van der Waals surface area (Å²) in [5.41, 5.74) is 0. The first kappa shape index (κ1) is 13.7. The maximum Gasteiger partial charge on any atom is 0.147 e. The van der Waals surface area contributed by atoms with Crippen LogP contribution in [0.1, 0.15) is 25.7 Å². The Morgan fingerprint density at radius 3 is 2.74 bits per heavy atom. The molecule has 0 N–H and O–H groups in total. The van der Waals surface area contributed by atoms with Gasteiger partial charge in [0.2, 0.25) is 0 Å². The van der Waals surface area contributed by atoms with Crippen LogP contribution >= 0.6 is 27.5 Å². The standard InChI is InChI=1S/C14H19BrClN3/c15-11-8-13(16)14(17-9-11)19-7-4-12(10-19)18-5-2-1-3-6-18/h8-9,12H,1-7,10H2. The molecule has 0 saturated carbocycles. The van der Waals surface area contributed by atoms with Gasteiger partial charge in [-0.1, -0.05) is 18.0 Å². The summed E-state index contributed by atoms with van der Waals surface area (Å²) in [6.07, 6.45) is 7.16. The number of pyridine rings is 1. The molecular formula is C14H19BrClN3. The minimum Gasteiger partial charge on any atom is -0.354 e. The van der Waals surface area contributed by atoms with Gasteiger partial charge in [0.15, 0.2) is 0 Å². The third kappa shape index (κ3) is 3.06. The second kappa shape index (κ2) is 5.98. The maximum atomic E-state index is 6.30. The van der Waals surface area contributed by atoms with Crippen LogP contribution in [0.4, 0.5) is 5.82 Å². The van der Waals surface area contributed by atoms with E-state index < -0.39 is 0 Å². The zero-order chi connectivity index (χ0) is 13.2. The number of aromatic nitrogens is 1. The van der Waals surface area contributed by atoms with E-state index in [9.17, 15) is 0 Å². The van der Waals surface area contributed by atoms with Gasteiger partial charge >= 0.3 is 0 Å². The Balaban J connectivity index is 1.67. The van der Waals surface area contributed by atoms with Gasteiger partial charge in [-0.15, -0.1) is 0 Å². The highest BCUT2D eigenvalue weighted by Crippen LogP contribution is 2.30. The zero-order valence-electron chi connectivity index (χ0n) is 11.0. The smallest absolute Gasteiger partial charge is 0.147 e. The highest BCUT2D eigenvalue weighted by atomic mass is 79.9. The predicted octanol–water partition coefficient (Wildman–Crippen LogP) is 3.56. The molecule has 0 aliphatic carbocycles. The maximum absolute atomic E-state index is 6.30. The van der Waals surface area contributed by atoms with Gasteiger partial charge in [0.05, 0.1) is 5.02 Å². The van der Waals surface area contributed by atoms with E-state index in [4.69, 9.17) is 11.6 Å². The van der Waals surface area contributed by atoms with Gasteiger partial charge in [-0.2, -0.15) is 0 Å². The van der Waals surface area contributed by atoms with Gasteiger partial charge in [0.1, 0.15) is 5.82 Å². The van der Waals surface area contributed by atoms with Crippen LogP contribution < -0.4 is 4.90 Å². The molecule has 5 heteroatoms. The van der Waals surface area contributed by atoms with Crippen LogP contribution in [0.2, 0.25) is 5.02 Å². The topological polar surface area (TPSA) is 19.4 Å². The summed E-state index contributed by atoms with van der Waals surface area (Å²) in [4.78, 5) is 9.44. The molecule has 0 spiro atoms. The van der Waals surface area contributed by atoms with Gasteiger partial charge in [0, 0.05) is 29.8 Å². The Hall–Kier alpha value is -0.320. The lowest BCUT2D eigenvalue weighted by Gasteiger charge is -2.32. The Morgan fingerprint density at radius 1 is 1.21 bits per heavy atom. The van der Waals surface area contributed by atoms with E-state index >= 15 is 0 Å². The third-order valence-electron chi connectivity index (χ3n) is 4.16. The normalized spacial score (nSPS) is 24.9. The lowest BCUT2D eigenvalue weighted by molar-refractivity contribution is 0.175. The minimum absolute atomic E-state index is 0.682. The molecule has 2 aliphatic heterocycles. The molecular weight excluding hydrogens is 326 g/mol. The molecule has 2 saturated heterocycles. The Labute approximate surface area is 128 Å². The minimum atomic E-state index is 0.682. The number of hydrogen-bond acceptors (Lipinski definition) is 3. The van der Waals surface area contributed by atoms with Crippen LogP contribution in [0.25, 0.3) is 0 Å². The van der Waals surface area contributed by atoms with Gasteiger partial charge in [-0.3, -0.25) is 4.90 Å². The Morgan fingerprint density at radius 2 is 2.00 bits per heavy atom. The average molecular weight is 345 g/mol. The van der Waals surface area contributed by atoms with Crippen LogP contribution in [-0.4, -0.2) is 42.1 Å². The van der Waals surface area contributed by atoms with Crippen LogP contribution in [0.15, 0.2) is 16.7 Å². The van der Waals surface area contributed by atoms with Crippen molar-refractivity contribution >= 4 is 33.3 Å². The first-order valence-corrected chi connectivity index (χ1v) is 8.21. The molecule has 3 heterocycles. The summed E-state index contributed by atoms with van der Waals surface area (Å²) in [6.45, 7) is 4.66. The van der Waals surface area contributed by atoms with Crippen molar-refractivity contribution < 1.29 is 0 Å². The number of hydrogen-bond donors (Lipinski definition) is 0. The van der Waals surface area contributed by atoms with Crippen molar-refractivity contribution in [1.29, 1.82) is 0 Å². The molecule has 1 unspecified atom stereocenters. The van der Waals surface area contributed by atoms with Crippen molar-refractivity contribution in [3.05, 3.63) is 21.8 Å². The molecule has 3 rings (SSSR count). The van der Waals surface area contributed by atoms with Gasteiger partial charge in [-0.05, 0) is 54.3 Å². The van der Waals surface area contributed by atoms with Crippen LogP contribution in [0.3, 0.4) is 0 Å². The van der Waals surface area contributed by atoms with E-state index in [2.05, 4.69) is 30.7 Å². The van der Waals surface area contributed by atoms with Gasteiger partial charge < -0.3 is 4.90 Å². The SMILES string of the molecule is Clc1cc(Br)cnc1N1CCC(N2CCCCC2)C1. The van der Waals surface area contributed by atoms with E-state index in [1.54, 1.807) is 0 Å². The summed E-state index contributed by atoms with van der Waals surface area (Å²) in [7, 11) is 0. The van der Waals surface area contributed by atoms with Crippen LogP contribution in [0, 0.1) is 0 Å². The quantitative estimate of drug-likeness (QED) is 0.818. The first-order valence-electron chi connectivity index (χ1n) is 7.04. The van der Waals surface area contributed by atoms with Crippen molar-refractivity contribution in [2.24, 2.45) is 0 Å². The first-order chi connectivity index (χ1) is 9.24. The van der Waals surface area contributed by atoms with Crippen molar-refractivity contribution in [2.75, 3.05) is 31.1 Å². The van der Waals surface area contributed by atoms with Crippen molar-refractivity contribution in [1.82, 2.24) is 9.88 Å².